The Hall–Kier alpha value is -2.58. The van der Waals surface area contributed by atoms with Gasteiger partial charge in [-0.3, -0.25) is 9.79 Å². The first kappa shape index (κ1) is 17.8. The van der Waals surface area contributed by atoms with E-state index in [1.807, 2.05) is 12.1 Å². The average Bonchev–Trinajstić information content (AvgIpc) is 3.29. The quantitative estimate of drug-likeness (QED) is 0.617. The fourth-order valence-electron chi connectivity index (χ4n) is 2.75. The molecule has 0 radical (unpaired) electrons. The molecule has 1 aromatic heterocycles. The summed E-state index contributed by atoms with van der Waals surface area (Å²) in [5.41, 5.74) is 2.56. The summed E-state index contributed by atoms with van der Waals surface area (Å²) < 4.78 is 36.1. The molecule has 4 rings (SSSR count). The van der Waals surface area contributed by atoms with E-state index in [-0.39, 0.29) is 12.5 Å². The molecule has 0 spiro atoms. The first-order valence-electron chi connectivity index (χ1n) is 7.73. The van der Waals surface area contributed by atoms with Crippen LogP contribution >= 0.6 is 19.4 Å². The topological polar surface area (TPSA) is 107 Å². The van der Waals surface area contributed by atoms with E-state index >= 15 is 0 Å². The van der Waals surface area contributed by atoms with E-state index in [0.717, 1.165) is 21.6 Å². The summed E-state index contributed by atoms with van der Waals surface area (Å²) in [6, 6.07) is 10.1. The molecule has 0 saturated carbocycles. The highest BCUT2D eigenvalue weighted by Crippen LogP contribution is 2.47. The van der Waals surface area contributed by atoms with Crippen molar-refractivity contribution in [1.82, 2.24) is 4.37 Å². The molecule has 0 aliphatic carbocycles. The Balaban J connectivity index is 1.71. The van der Waals surface area contributed by atoms with Gasteiger partial charge in [-0.05, 0) is 41.4 Å². The molecule has 8 nitrogen and oxygen atoms in total. The Morgan fingerprint density at radius 1 is 1.15 bits per heavy atom. The number of phosphoric ester groups is 1. The van der Waals surface area contributed by atoms with Crippen LogP contribution in [0.25, 0.3) is 21.6 Å². The molecule has 0 unspecified atom stereocenters. The Morgan fingerprint density at radius 3 is 2.63 bits per heavy atom. The van der Waals surface area contributed by atoms with Crippen LogP contribution < -0.4 is 18.7 Å². The summed E-state index contributed by atoms with van der Waals surface area (Å²) in [7, 11) is -3.02. The van der Waals surface area contributed by atoms with Crippen molar-refractivity contribution in [3.63, 3.8) is 0 Å². The van der Waals surface area contributed by atoms with Gasteiger partial charge in [0.2, 0.25) is 12.5 Å². The number of phosphoric acid groups is 1. The number of fused-ring (bicyclic) bond motifs is 1. The van der Waals surface area contributed by atoms with Crippen molar-refractivity contribution in [1.29, 1.82) is 0 Å². The molecule has 3 aromatic rings. The van der Waals surface area contributed by atoms with Gasteiger partial charge >= 0.3 is 7.82 Å². The standard InChI is InChI=1S/C17H14NO7PS/c1-22-14-6-11(7-15-16(14)24-9-23-15)17-13(8-18-27-17)10-2-4-12(5-3-10)25-26(19,20)21/h2-8H,9H2,1H3,(H2,19,20,21). The lowest BCUT2D eigenvalue weighted by atomic mass is 10.0. The molecule has 0 bridgehead atoms. The van der Waals surface area contributed by atoms with Crippen LogP contribution in [-0.4, -0.2) is 28.1 Å². The Kier molecular flexibility index (Phi) is 4.53. The van der Waals surface area contributed by atoms with Gasteiger partial charge < -0.3 is 18.7 Å². The van der Waals surface area contributed by atoms with Crippen LogP contribution in [0, 0.1) is 0 Å². The molecule has 2 aromatic carbocycles. The van der Waals surface area contributed by atoms with Crippen molar-refractivity contribution in [2.75, 3.05) is 13.9 Å². The summed E-state index contributed by atoms with van der Waals surface area (Å²) in [5, 5.41) is 0. The summed E-state index contributed by atoms with van der Waals surface area (Å²) in [5.74, 6) is 1.84. The second-order valence-corrected chi connectivity index (χ2v) is 7.55. The Labute approximate surface area is 158 Å². The third kappa shape index (κ3) is 3.63. The molecule has 10 heteroatoms. The number of rotatable bonds is 5. The average molecular weight is 407 g/mol. The van der Waals surface area contributed by atoms with Crippen molar-refractivity contribution in [3.8, 4) is 44.6 Å². The largest absolute Gasteiger partial charge is 0.524 e. The summed E-state index contributed by atoms with van der Waals surface area (Å²) in [6.45, 7) is 0.145. The third-order valence-electron chi connectivity index (χ3n) is 3.88. The summed E-state index contributed by atoms with van der Waals surface area (Å²) in [6.07, 6.45) is 1.73. The lowest BCUT2D eigenvalue weighted by molar-refractivity contribution is 0.171. The maximum absolute atomic E-state index is 10.9. The van der Waals surface area contributed by atoms with E-state index in [4.69, 9.17) is 24.0 Å². The van der Waals surface area contributed by atoms with Crippen molar-refractivity contribution in [2.24, 2.45) is 0 Å². The van der Waals surface area contributed by atoms with Crippen LogP contribution in [0.2, 0.25) is 0 Å². The predicted molar refractivity (Wildman–Crippen MR) is 98.3 cm³/mol. The van der Waals surface area contributed by atoms with Gasteiger partial charge in [-0.1, -0.05) is 12.1 Å². The second-order valence-electron chi connectivity index (χ2n) is 5.59. The fraction of sp³-hybridized carbons (Fsp3) is 0.118. The van der Waals surface area contributed by atoms with Crippen LogP contribution in [0.3, 0.4) is 0 Å². The number of ether oxygens (including phenoxy) is 3. The predicted octanol–water partition coefficient (Wildman–Crippen LogP) is 3.69. The Bertz CT molecular complexity index is 1030. The van der Waals surface area contributed by atoms with Gasteiger partial charge in [-0.25, -0.2) is 4.57 Å². The highest BCUT2D eigenvalue weighted by Gasteiger charge is 2.22. The van der Waals surface area contributed by atoms with E-state index in [0.29, 0.717) is 17.2 Å². The molecule has 2 N–H and O–H groups in total. The molecular formula is C17H14NO7PS. The summed E-state index contributed by atoms with van der Waals surface area (Å²) in [4.78, 5) is 18.7. The lowest BCUT2D eigenvalue weighted by Gasteiger charge is -2.10. The SMILES string of the molecule is COc1cc(-c2sncc2-c2ccc(OP(=O)(O)O)cc2)cc2c1OCO2. The van der Waals surface area contributed by atoms with Crippen LogP contribution in [-0.2, 0) is 4.57 Å². The van der Waals surface area contributed by atoms with Gasteiger partial charge in [0, 0.05) is 17.3 Å². The molecular weight excluding hydrogens is 393 g/mol. The molecule has 0 amide bonds. The molecule has 2 heterocycles. The van der Waals surface area contributed by atoms with E-state index < -0.39 is 7.82 Å². The first-order chi connectivity index (χ1) is 12.9. The minimum atomic E-state index is -4.59. The molecule has 0 atom stereocenters. The highest BCUT2D eigenvalue weighted by molar-refractivity contribution is 7.46. The highest BCUT2D eigenvalue weighted by atomic mass is 32.1. The van der Waals surface area contributed by atoms with E-state index in [1.165, 1.54) is 23.7 Å². The van der Waals surface area contributed by atoms with Crippen molar-refractivity contribution < 1.29 is 33.1 Å². The molecule has 27 heavy (non-hydrogen) atoms. The van der Waals surface area contributed by atoms with Gasteiger partial charge in [-0.2, -0.15) is 4.37 Å². The van der Waals surface area contributed by atoms with Crippen LogP contribution in [0.1, 0.15) is 0 Å². The zero-order chi connectivity index (χ0) is 19.0. The van der Waals surface area contributed by atoms with Crippen molar-refractivity contribution in [2.45, 2.75) is 0 Å². The Morgan fingerprint density at radius 2 is 1.93 bits per heavy atom. The molecule has 1 aliphatic heterocycles. The van der Waals surface area contributed by atoms with E-state index in [9.17, 15) is 4.57 Å². The minimum absolute atomic E-state index is 0.0848. The van der Waals surface area contributed by atoms with E-state index in [1.54, 1.807) is 25.4 Å². The lowest BCUT2D eigenvalue weighted by Crippen LogP contribution is -1.93. The van der Waals surface area contributed by atoms with Gasteiger partial charge in [0.25, 0.3) is 0 Å². The van der Waals surface area contributed by atoms with Gasteiger partial charge in [0.15, 0.2) is 11.5 Å². The zero-order valence-electron chi connectivity index (χ0n) is 14.0. The number of hydrogen-bond donors (Lipinski definition) is 2. The number of methoxy groups -OCH3 is 1. The number of nitrogens with zero attached hydrogens (tertiary/aromatic N) is 1. The maximum atomic E-state index is 10.9. The zero-order valence-corrected chi connectivity index (χ0v) is 15.7. The smallest absolute Gasteiger partial charge is 0.493 e. The molecule has 140 valence electrons. The number of hydrogen-bond acceptors (Lipinski definition) is 7. The normalized spacial score (nSPS) is 12.9. The van der Waals surface area contributed by atoms with Gasteiger partial charge in [0.05, 0.1) is 12.0 Å². The molecule has 1 aliphatic rings. The van der Waals surface area contributed by atoms with Crippen molar-refractivity contribution in [3.05, 3.63) is 42.6 Å². The van der Waals surface area contributed by atoms with Crippen molar-refractivity contribution >= 4 is 19.4 Å². The maximum Gasteiger partial charge on any atom is 0.524 e. The first-order valence-corrected chi connectivity index (χ1v) is 10.0. The third-order valence-corrected chi connectivity index (χ3v) is 5.18. The van der Waals surface area contributed by atoms with Crippen LogP contribution in [0.15, 0.2) is 42.6 Å². The van der Waals surface area contributed by atoms with Gasteiger partial charge in [-0.15, -0.1) is 0 Å². The summed E-state index contributed by atoms with van der Waals surface area (Å²) >= 11 is 1.32. The van der Waals surface area contributed by atoms with Gasteiger partial charge in [0.1, 0.15) is 5.75 Å². The monoisotopic (exact) mass is 407 g/mol. The van der Waals surface area contributed by atoms with Crippen LogP contribution in [0.5, 0.6) is 23.0 Å². The van der Waals surface area contributed by atoms with Crippen LogP contribution in [0.4, 0.5) is 0 Å². The fourth-order valence-corrected chi connectivity index (χ4v) is 3.90. The molecule has 0 fully saturated rings. The number of benzene rings is 2. The second kappa shape index (κ2) is 6.86. The molecule has 0 saturated heterocycles. The number of aromatic nitrogens is 1. The van der Waals surface area contributed by atoms with E-state index in [2.05, 4.69) is 8.90 Å². The minimum Gasteiger partial charge on any atom is -0.493 e.